The molecule has 1 aliphatic carbocycles. The summed E-state index contributed by atoms with van der Waals surface area (Å²) in [4.78, 5) is 27.6. The number of carbonyl (C=O) groups is 2. The van der Waals surface area contributed by atoms with Gasteiger partial charge in [0, 0.05) is 29.5 Å². The largest absolute Gasteiger partial charge is 0.326 e. The molecule has 0 radical (unpaired) electrons. The maximum Gasteiger partial charge on any atom is 0.258 e. The monoisotopic (exact) mass is 491 g/mol. The van der Waals surface area contributed by atoms with Crippen LogP contribution in [0.15, 0.2) is 77.7 Å². The van der Waals surface area contributed by atoms with Crippen molar-refractivity contribution in [2.75, 3.05) is 16.8 Å². The molecule has 3 aromatic rings. The van der Waals surface area contributed by atoms with Crippen molar-refractivity contribution in [2.24, 2.45) is 0 Å². The van der Waals surface area contributed by atoms with Gasteiger partial charge in [-0.1, -0.05) is 30.3 Å². The van der Waals surface area contributed by atoms with Gasteiger partial charge in [-0.25, -0.2) is 13.1 Å². The molecule has 0 spiro atoms. The molecule has 1 aliphatic rings. The molecule has 2 N–H and O–H groups in total. The highest BCUT2D eigenvalue weighted by Gasteiger charge is 2.27. The molecule has 0 aliphatic heterocycles. The molecule has 0 bridgehead atoms. The molecule has 2 amide bonds. The van der Waals surface area contributed by atoms with Gasteiger partial charge in [-0.2, -0.15) is 0 Å². The van der Waals surface area contributed by atoms with Gasteiger partial charge < -0.3 is 10.2 Å². The quantitative estimate of drug-likeness (QED) is 0.467. The Morgan fingerprint density at radius 3 is 2.26 bits per heavy atom. The lowest BCUT2D eigenvalue weighted by Gasteiger charge is -2.21. The number of aryl methyl sites for hydroxylation is 1. The predicted octanol–water partition coefficient (Wildman–Crippen LogP) is 4.28. The van der Waals surface area contributed by atoms with E-state index in [-0.39, 0.29) is 29.2 Å². The summed E-state index contributed by atoms with van der Waals surface area (Å²) in [7, 11) is -3.52. The Labute approximate surface area is 206 Å². The minimum Gasteiger partial charge on any atom is -0.326 e. The van der Waals surface area contributed by atoms with Crippen LogP contribution in [0.4, 0.5) is 11.4 Å². The Balaban J connectivity index is 1.39. The smallest absolute Gasteiger partial charge is 0.258 e. The summed E-state index contributed by atoms with van der Waals surface area (Å²) < 4.78 is 27.2. The van der Waals surface area contributed by atoms with Crippen molar-refractivity contribution in [1.82, 2.24) is 4.72 Å². The molecule has 8 heteroatoms. The lowest BCUT2D eigenvalue weighted by atomic mass is 10.1. The highest BCUT2D eigenvalue weighted by atomic mass is 32.2. The van der Waals surface area contributed by atoms with Gasteiger partial charge in [0.15, 0.2) is 0 Å². The third kappa shape index (κ3) is 6.15. The van der Waals surface area contributed by atoms with Crippen LogP contribution in [0.3, 0.4) is 0 Å². The van der Waals surface area contributed by atoms with Crippen LogP contribution in [0.1, 0.15) is 41.3 Å². The average molecular weight is 492 g/mol. The summed E-state index contributed by atoms with van der Waals surface area (Å²) in [5.74, 6) is -0.329. The van der Waals surface area contributed by atoms with E-state index in [0.717, 1.165) is 24.1 Å². The van der Waals surface area contributed by atoms with Crippen molar-refractivity contribution in [3.05, 3.63) is 89.5 Å². The SMILES string of the molecule is CCN(C(=O)c1ccc(NC(=O)Cc2ccc(S(=O)(=O)NC3CC3)cc2)c(C)c1)c1ccccc1. The van der Waals surface area contributed by atoms with Crippen molar-refractivity contribution in [3.63, 3.8) is 0 Å². The number of rotatable bonds is 9. The summed E-state index contributed by atoms with van der Waals surface area (Å²) in [5, 5.41) is 2.88. The number of benzene rings is 3. The van der Waals surface area contributed by atoms with Crippen molar-refractivity contribution in [2.45, 2.75) is 44.0 Å². The fourth-order valence-electron chi connectivity index (χ4n) is 3.80. The number of nitrogens with zero attached hydrogens (tertiary/aromatic N) is 1. The second kappa shape index (κ2) is 10.4. The van der Waals surface area contributed by atoms with E-state index >= 15 is 0 Å². The van der Waals surface area contributed by atoms with E-state index in [1.807, 2.05) is 44.2 Å². The molecule has 3 aromatic carbocycles. The third-order valence-electron chi connectivity index (χ3n) is 5.87. The van der Waals surface area contributed by atoms with Crippen LogP contribution < -0.4 is 14.9 Å². The zero-order valence-corrected chi connectivity index (χ0v) is 20.6. The average Bonchev–Trinajstić information content (AvgIpc) is 3.65. The number of sulfonamides is 1. The summed E-state index contributed by atoms with van der Waals surface area (Å²) in [6, 6.07) is 21.1. The van der Waals surface area contributed by atoms with Crippen molar-refractivity contribution >= 4 is 33.2 Å². The highest BCUT2D eigenvalue weighted by Crippen LogP contribution is 2.23. The molecule has 4 rings (SSSR count). The van der Waals surface area contributed by atoms with Crippen LogP contribution in [0.5, 0.6) is 0 Å². The van der Waals surface area contributed by atoms with Gasteiger partial charge in [0.2, 0.25) is 15.9 Å². The third-order valence-corrected chi connectivity index (χ3v) is 7.41. The van der Waals surface area contributed by atoms with Gasteiger partial charge in [0.25, 0.3) is 5.91 Å². The van der Waals surface area contributed by atoms with Crippen molar-refractivity contribution in [1.29, 1.82) is 0 Å². The number of anilines is 2. The Bertz CT molecular complexity index is 1320. The van der Waals surface area contributed by atoms with Crippen molar-refractivity contribution < 1.29 is 18.0 Å². The number of nitrogens with one attached hydrogen (secondary N) is 2. The Morgan fingerprint density at radius 1 is 0.971 bits per heavy atom. The zero-order valence-electron chi connectivity index (χ0n) is 19.8. The number of hydrogen-bond acceptors (Lipinski definition) is 4. The Kier molecular flexibility index (Phi) is 7.33. The number of amides is 2. The summed E-state index contributed by atoms with van der Waals surface area (Å²) >= 11 is 0. The molecule has 35 heavy (non-hydrogen) atoms. The van der Waals surface area contributed by atoms with Gasteiger partial charge >= 0.3 is 0 Å². The minimum absolute atomic E-state index is 0.0405. The summed E-state index contributed by atoms with van der Waals surface area (Å²) in [6.07, 6.45) is 1.85. The van der Waals surface area contributed by atoms with E-state index in [9.17, 15) is 18.0 Å². The maximum absolute atomic E-state index is 13.1. The summed E-state index contributed by atoms with van der Waals surface area (Å²) in [6.45, 7) is 4.31. The molecule has 7 nitrogen and oxygen atoms in total. The fraction of sp³-hybridized carbons (Fsp3) is 0.259. The molecule has 0 heterocycles. The normalized spacial score (nSPS) is 13.3. The first-order valence-corrected chi connectivity index (χ1v) is 13.1. The molecular weight excluding hydrogens is 462 g/mol. The van der Waals surface area contributed by atoms with E-state index in [1.54, 1.807) is 35.2 Å². The standard InChI is InChI=1S/C27H29N3O4S/c1-3-30(23-7-5-4-6-8-23)27(32)21-11-16-25(19(2)17-21)28-26(31)18-20-9-14-24(15-10-20)35(33,34)29-22-12-13-22/h4-11,14-17,22,29H,3,12-13,18H2,1-2H3,(H,28,31). The van der Waals surface area contributed by atoms with Gasteiger partial charge in [-0.15, -0.1) is 0 Å². The number of para-hydroxylation sites is 1. The van der Waals surface area contributed by atoms with Crippen LogP contribution in [0.2, 0.25) is 0 Å². The molecule has 0 aromatic heterocycles. The first-order valence-electron chi connectivity index (χ1n) is 11.7. The zero-order chi connectivity index (χ0) is 25.0. The first kappa shape index (κ1) is 24.6. The van der Waals surface area contributed by atoms with E-state index in [1.165, 1.54) is 12.1 Å². The number of carbonyl (C=O) groups excluding carboxylic acids is 2. The first-order chi connectivity index (χ1) is 16.8. The Hall–Kier alpha value is -3.49. The molecule has 182 valence electrons. The predicted molar refractivity (Wildman–Crippen MR) is 137 cm³/mol. The second-order valence-electron chi connectivity index (χ2n) is 8.68. The van der Waals surface area contributed by atoms with E-state index in [2.05, 4.69) is 10.0 Å². The van der Waals surface area contributed by atoms with Gasteiger partial charge in [-0.05, 0) is 80.3 Å². The molecule has 0 saturated heterocycles. The number of hydrogen-bond donors (Lipinski definition) is 2. The van der Waals surface area contributed by atoms with E-state index < -0.39 is 10.0 Å². The molecule has 1 fully saturated rings. The maximum atomic E-state index is 13.1. The Morgan fingerprint density at radius 2 is 1.66 bits per heavy atom. The molecular formula is C27H29N3O4S. The van der Waals surface area contributed by atoms with Crippen LogP contribution in [0, 0.1) is 6.92 Å². The lowest BCUT2D eigenvalue weighted by molar-refractivity contribution is -0.115. The van der Waals surface area contributed by atoms with Crippen LogP contribution in [-0.4, -0.2) is 32.8 Å². The minimum atomic E-state index is -3.52. The van der Waals surface area contributed by atoms with Crippen LogP contribution in [0.25, 0.3) is 0 Å². The van der Waals surface area contributed by atoms with E-state index in [4.69, 9.17) is 0 Å². The molecule has 1 saturated carbocycles. The van der Waals surface area contributed by atoms with Crippen LogP contribution in [-0.2, 0) is 21.2 Å². The van der Waals surface area contributed by atoms with Gasteiger partial charge in [0.1, 0.15) is 0 Å². The second-order valence-corrected chi connectivity index (χ2v) is 10.4. The molecule has 0 unspecified atom stereocenters. The lowest BCUT2D eigenvalue weighted by Crippen LogP contribution is -2.30. The van der Waals surface area contributed by atoms with E-state index in [0.29, 0.717) is 23.4 Å². The highest BCUT2D eigenvalue weighted by molar-refractivity contribution is 7.89. The van der Waals surface area contributed by atoms with Gasteiger partial charge in [0.05, 0.1) is 11.3 Å². The van der Waals surface area contributed by atoms with Crippen molar-refractivity contribution in [3.8, 4) is 0 Å². The fourth-order valence-corrected chi connectivity index (χ4v) is 5.10. The van der Waals surface area contributed by atoms with Gasteiger partial charge in [-0.3, -0.25) is 9.59 Å². The van der Waals surface area contributed by atoms with Crippen LogP contribution >= 0.6 is 0 Å². The molecule has 0 atom stereocenters. The topological polar surface area (TPSA) is 95.6 Å². The summed E-state index contributed by atoms with van der Waals surface area (Å²) in [5.41, 5.74) is 3.49.